The molecule has 1 aliphatic heterocycles. The molecule has 8 nitrogen and oxygen atoms in total. The average molecular weight is 421 g/mol. The lowest BCUT2D eigenvalue weighted by molar-refractivity contribution is -0.134. The first kappa shape index (κ1) is 21.3. The van der Waals surface area contributed by atoms with Gasteiger partial charge < -0.3 is 19.5 Å². The quantitative estimate of drug-likeness (QED) is 0.795. The van der Waals surface area contributed by atoms with Gasteiger partial charge in [0.15, 0.2) is 0 Å². The fourth-order valence-corrected chi connectivity index (χ4v) is 3.98. The molecule has 0 unspecified atom stereocenters. The van der Waals surface area contributed by atoms with E-state index in [0.717, 1.165) is 18.4 Å². The number of thiophene rings is 1. The third-order valence-corrected chi connectivity index (χ3v) is 5.33. The minimum Gasteiger partial charge on any atom is -0.444 e. The Morgan fingerprint density at radius 3 is 2.93 bits per heavy atom. The van der Waals surface area contributed by atoms with Gasteiger partial charge in [-0.25, -0.2) is 4.79 Å². The second kappa shape index (κ2) is 8.94. The van der Waals surface area contributed by atoms with Crippen LogP contribution in [0.1, 0.15) is 46.4 Å². The number of carbonyl (C=O) groups excluding carboxylic acids is 2. The number of rotatable bonds is 5. The van der Waals surface area contributed by atoms with Gasteiger partial charge >= 0.3 is 6.09 Å². The predicted octanol–water partition coefficient (Wildman–Crippen LogP) is 3.49. The third-order valence-electron chi connectivity index (χ3n) is 4.65. The van der Waals surface area contributed by atoms with Gasteiger partial charge in [-0.15, -0.1) is 0 Å². The van der Waals surface area contributed by atoms with Crippen LogP contribution in [-0.4, -0.2) is 51.8 Å². The SMILES string of the molecule is C[C@H](NC(=O)OC(C)(C)C)C(=O)N1CCC[C@@H](Cc2nc(-c3ccsc3)no2)C1. The van der Waals surface area contributed by atoms with E-state index in [1.54, 1.807) is 43.9 Å². The molecule has 0 radical (unpaired) electrons. The smallest absolute Gasteiger partial charge is 0.408 e. The van der Waals surface area contributed by atoms with Crippen LogP contribution in [0.4, 0.5) is 4.79 Å². The van der Waals surface area contributed by atoms with E-state index in [0.29, 0.717) is 31.2 Å². The van der Waals surface area contributed by atoms with Crippen LogP contribution in [-0.2, 0) is 16.0 Å². The number of amides is 2. The van der Waals surface area contributed by atoms with Crippen molar-refractivity contribution in [3.05, 3.63) is 22.7 Å². The molecule has 0 saturated carbocycles. The predicted molar refractivity (Wildman–Crippen MR) is 109 cm³/mol. The van der Waals surface area contributed by atoms with Gasteiger partial charge in [0, 0.05) is 30.5 Å². The highest BCUT2D eigenvalue weighted by atomic mass is 32.1. The molecule has 1 N–H and O–H groups in total. The van der Waals surface area contributed by atoms with Crippen LogP contribution in [0.15, 0.2) is 21.3 Å². The summed E-state index contributed by atoms with van der Waals surface area (Å²) in [5.74, 6) is 1.33. The van der Waals surface area contributed by atoms with E-state index in [1.165, 1.54) is 0 Å². The molecule has 1 aliphatic rings. The van der Waals surface area contributed by atoms with E-state index in [4.69, 9.17) is 9.26 Å². The molecule has 2 aromatic rings. The summed E-state index contributed by atoms with van der Waals surface area (Å²) in [6, 6.07) is 1.32. The highest BCUT2D eigenvalue weighted by Crippen LogP contribution is 2.23. The van der Waals surface area contributed by atoms with Gasteiger partial charge in [0.25, 0.3) is 0 Å². The average Bonchev–Trinajstić information content (AvgIpc) is 3.31. The number of likely N-dealkylation sites (tertiary alicyclic amines) is 1. The Bertz CT molecular complexity index is 828. The van der Waals surface area contributed by atoms with Crippen molar-refractivity contribution in [3.8, 4) is 11.4 Å². The number of piperidine rings is 1. The summed E-state index contributed by atoms with van der Waals surface area (Å²) in [7, 11) is 0. The van der Waals surface area contributed by atoms with Crippen molar-refractivity contribution in [1.29, 1.82) is 0 Å². The van der Waals surface area contributed by atoms with Crippen molar-refractivity contribution < 1.29 is 18.8 Å². The molecule has 29 heavy (non-hydrogen) atoms. The number of hydrogen-bond donors (Lipinski definition) is 1. The lowest BCUT2D eigenvalue weighted by Crippen LogP contribution is -2.51. The molecule has 2 amide bonds. The van der Waals surface area contributed by atoms with Crippen molar-refractivity contribution in [2.45, 2.75) is 58.6 Å². The highest BCUT2D eigenvalue weighted by Gasteiger charge is 2.29. The summed E-state index contributed by atoms with van der Waals surface area (Å²) in [4.78, 5) is 31.0. The molecule has 0 aromatic carbocycles. The van der Waals surface area contributed by atoms with E-state index in [1.807, 2.05) is 16.8 Å². The lowest BCUT2D eigenvalue weighted by atomic mass is 9.94. The van der Waals surface area contributed by atoms with Crippen LogP contribution < -0.4 is 5.32 Å². The van der Waals surface area contributed by atoms with Crippen LogP contribution in [0.5, 0.6) is 0 Å². The Kier molecular flexibility index (Phi) is 6.56. The molecular formula is C20H28N4O4S. The Balaban J connectivity index is 1.53. The third kappa shape index (κ3) is 6.03. The maximum atomic E-state index is 12.8. The fourth-order valence-electron chi connectivity index (χ4n) is 3.35. The van der Waals surface area contributed by atoms with Crippen molar-refractivity contribution in [2.24, 2.45) is 5.92 Å². The molecule has 0 bridgehead atoms. The summed E-state index contributed by atoms with van der Waals surface area (Å²) >= 11 is 1.59. The summed E-state index contributed by atoms with van der Waals surface area (Å²) < 4.78 is 10.6. The summed E-state index contributed by atoms with van der Waals surface area (Å²) in [5, 5.41) is 10.6. The maximum Gasteiger partial charge on any atom is 0.408 e. The largest absolute Gasteiger partial charge is 0.444 e. The molecule has 0 aliphatic carbocycles. The maximum absolute atomic E-state index is 12.8. The first-order valence-corrected chi connectivity index (χ1v) is 10.8. The fraction of sp³-hybridized carbons (Fsp3) is 0.600. The molecule has 9 heteroatoms. The minimum absolute atomic E-state index is 0.106. The van der Waals surface area contributed by atoms with Crippen LogP contribution in [0.25, 0.3) is 11.4 Å². The molecule has 3 heterocycles. The molecule has 2 atom stereocenters. The van der Waals surface area contributed by atoms with Gasteiger partial charge in [-0.2, -0.15) is 16.3 Å². The van der Waals surface area contributed by atoms with E-state index in [-0.39, 0.29) is 11.8 Å². The Morgan fingerprint density at radius 2 is 2.24 bits per heavy atom. The number of nitrogens with one attached hydrogen (secondary N) is 1. The van der Waals surface area contributed by atoms with E-state index in [2.05, 4.69) is 15.5 Å². The Hall–Kier alpha value is -2.42. The van der Waals surface area contributed by atoms with Gasteiger partial charge in [-0.05, 0) is 57.9 Å². The zero-order valence-corrected chi connectivity index (χ0v) is 18.1. The second-order valence-corrected chi connectivity index (χ2v) is 9.17. The van der Waals surface area contributed by atoms with Crippen LogP contribution in [0.2, 0.25) is 0 Å². The van der Waals surface area contributed by atoms with Crippen molar-refractivity contribution in [3.63, 3.8) is 0 Å². The normalized spacial score (nSPS) is 18.3. The van der Waals surface area contributed by atoms with Crippen LogP contribution in [0, 0.1) is 5.92 Å². The highest BCUT2D eigenvalue weighted by molar-refractivity contribution is 7.08. The molecular weight excluding hydrogens is 392 g/mol. The monoisotopic (exact) mass is 420 g/mol. The van der Waals surface area contributed by atoms with Gasteiger partial charge in [0.05, 0.1) is 0 Å². The lowest BCUT2D eigenvalue weighted by Gasteiger charge is -2.34. The van der Waals surface area contributed by atoms with Gasteiger partial charge in [-0.3, -0.25) is 4.79 Å². The Labute approximate surface area is 174 Å². The van der Waals surface area contributed by atoms with E-state index < -0.39 is 17.7 Å². The number of aromatic nitrogens is 2. The molecule has 2 aromatic heterocycles. The number of alkyl carbamates (subject to hydrolysis) is 1. The number of ether oxygens (including phenoxy) is 1. The van der Waals surface area contributed by atoms with Gasteiger partial charge in [-0.1, -0.05) is 5.16 Å². The summed E-state index contributed by atoms with van der Waals surface area (Å²) in [5.41, 5.74) is 0.349. The molecule has 0 spiro atoms. The van der Waals surface area contributed by atoms with Gasteiger partial charge in [0.2, 0.25) is 17.6 Å². The molecule has 3 rings (SSSR count). The van der Waals surface area contributed by atoms with E-state index in [9.17, 15) is 9.59 Å². The minimum atomic E-state index is -0.641. The second-order valence-electron chi connectivity index (χ2n) is 8.39. The topological polar surface area (TPSA) is 97.6 Å². The van der Waals surface area contributed by atoms with Crippen molar-refractivity contribution >= 4 is 23.3 Å². The standard InChI is InChI=1S/C20H28N4O4S/c1-13(21-19(26)27-20(2,3)4)18(25)24-8-5-6-14(11-24)10-16-22-17(23-28-16)15-7-9-29-12-15/h7,9,12-14H,5-6,8,10-11H2,1-4H3,(H,21,26)/t13-,14-/m0/s1. The molecule has 158 valence electrons. The zero-order chi connectivity index (χ0) is 21.0. The first-order valence-electron chi connectivity index (χ1n) is 9.85. The first-order chi connectivity index (χ1) is 13.7. The number of carbonyl (C=O) groups is 2. The summed E-state index contributed by atoms with van der Waals surface area (Å²) in [6.07, 6.45) is 1.95. The molecule has 1 saturated heterocycles. The zero-order valence-electron chi connectivity index (χ0n) is 17.3. The number of nitrogens with zero attached hydrogens (tertiary/aromatic N) is 3. The molecule has 1 fully saturated rings. The van der Waals surface area contributed by atoms with Crippen LogP contribution in [0.3, 0.4) is 0 Å². The van der Waals surface area contributed by atoms with Crippen LogP contribution >= 0.6 is 11.3 Å². The summed E-state index contributed by atoms with van der Waals surface area (Å²) in [6.45, 7) is 8.33. The van der Waals surface area contributed by atoms with Crippen molar-refractivity contribution in [2.75, 3.05) is 13.1 Å². The van der Waals surface area contributed by atoms with Crippen molar-refractivity contribution in [1.82, 2.24) is 20.4 Å². The number of hydrogen-bond acceptors (Lipinski definition) is 7. The Morgan fingerprint density at radius 1 is 1.45 bits per heavy atom. The van der Waals surface area contributed by atoms with E-state index >= 15 is 0 Å². The van der Waals surface area contributed by atoms with Gasteiger partial charge in [0.1, 0.15) is 11.6 Å².